The van der Waals surface area contributed by atoms with Gasteiger partial charge in [-0.2, -0.15) is 0 Å². The molecule has 0 aliphatic carbocycles. The topological polar surface area (TPSA) is 81.2 Å². The van der Waals surface area contributed by atoms with Crippen LogP contribution in [0.5, 0.6) is 0 Å². The third-order valence-electron chi connectivity index (χ3n) is 3.26. The van der Waals surface area contributed by atoms with E-state index in [0.29, 0.717) is 19.8 Å². The first-order valence-corrected chi connectivity index (χ1v) is 9.06. The number of hydrogen-bond donors (Lipinski definition) is 1. The van der Waals surface area contributed by atoms with Crippen molar-refractivity contribution in [1.29, 1.82) is 0 Å². The van der Waals surface area contributed by atoms with E-state index >= 15 is 0 Å². The number of nitrogens with one attached hydrogen (secondary N) is 1. The molecular weight excluding hydrogens is 286 g/mol. The van der Waals surface area contributed by atoms with Gasteiger partial charge in [-0.05, 0) is 19.8 Å². The molecule has 1 fully saturated rings. The Morgan fingerprint density at radius 2 is 2.05 bits per heavy atom. The van der Waals surface area contributed by atoms with Crippen LogP contribution < -0.4 is 5.32 Å². The fraction of sp³-hybridized carbons (Fsp3) is 0.818. The van der Waals surface area contributed by atoms with E-state index in [9.17, 15) is 8.42 Å². The molecule has 2 heterocycles. The number of aryl methyl sites for hydroxylation is 1. The van der Waals surface area contributed by atoms with Gasteiger partial charge in [-0.1, -0.05) is 11.3 Å². The maximum absolute atomic E-state index is 11.6. The average molecular weight is 305 g/mol. The summed E-state index contributed by atoms with van der Waals surface area (Å²) in [5.41, 5.74) is -0.259. The van der Waals surface area contributed by atoms with Crippen LogP contribution in [0.2, 0.25) is 0 Å². The molecule has 8 heteroatoms. The Labute approximate surface area is 117 Å². The van der Waals surface area contributed by atoms with Gasteiger partial charge in [0.05, 0.1) is 5.75 Å². The highest BCUT2D eigenvalue weighted by Crippen LogP contribution is 2.32. The zero-order chi connectivity index (χ0) is 13.9. The minimum Gasteiger partial charge on any atom is -0.381 e. The van der Waals surface area contributed by atoms with Crippen LogP contribution in [-0.4, -0.2) is 50.4 Å². The molecule has 2 rings (SSSR count). The first-order chi connectivity index (χ1) is 8.89. The van der Waals surface area contributed by atoms with Crippen molar-refractivity contribution in [3.05, 3.63) is 5.01 Å². The van der Waals surface area contributed by atoms with Crippen LogP contribution in [-0.2, 0) is 14.6 Å². The lowest BCUT2D eigenvalue weighted by atomic mass is 9.82. The molecule has 0 radical (unpaired) electrons. The average Bonchev–Trinajstić information content (AvgIpc) is 2.72. The molecule has 1 aromatic rings. The molecule has 6 nitrogen and oxygen atoms in total. The van der Waals surface area contributed by atoms with Crippen LogP contribution in [0.1, 0.15) is 17.8 Å². The van der Waals surface area contributed by atoms with E-state index in [2.05, 4.69) is 15.5 Å². The van der Waals surface area contributed by atoms with E-state index in [0.717, 1.165) is 23.0 Å². The van der Waals surface area contributed by atoms with E-state index in [1.807, 2.05) is 6.92 Å². The van der Waals surface area contributed by atoms with Crippen LogP contribution >= 0.6 is 11.3 Å². The lowest BCUT2D eigenvalue weighted by Crippen LogP contribution is -2.41. The summed E-state index contributed by atoms with van der Waals surface area (Å²) >= 11 is 1.48. The van der Waals surface area contributed by atoms with E-state index in [-0.39, 0.29) is 11.2 Å². The zero-order valence-corrected chi connectivity index (χ0v) is 12.8. The number of rotatable bonds is 5. The summed E-state index contributed by atoms with van der Waals surface area (Å²) in [6.45, 7) is 3.72. The van der Waals surface area contributed by atoms with Crippen LogP contribution in [0.3, 0.4) is 0 Å². The molecular formula is C11H19N3O3S2. The van der Waals surface area contributed by atoms with Crippen molar-refractivity contribution in [3.63, 3.8) is 0 Å². The van der Waals surface area contributed by atoms with Crippen LogP contribution in [0.4, 0.5) is 5.13 Å². The maximum atomic E-state index is 11.6. The predicted octanol–water partition coefficient (Wildman–Crippen LogP) is 1.10. The van der Waals surface area contributed by atoms with Crippen molar-refractivity contribution >= 4 is 26.3 Å². The van der Waals surface area contributed by atoms with Gasteiger partial charge < -0.3 is 10.1 Å². The van der Waals surface area contributed by atoms with E-state index in [4.69, 9.17) is 4.74 Å². The minimum absolute atomic E-state index is 0.189. The third kappa shape index (κ3) is 4.39. The Morgan fingerprint density at radius 1 is 1.37 bits per heavy atom. The smallest absolute Gasteiger partial charge is 0.205 e. The van der Waals surface area contributed by atoms with Crippen molar-refractivity contribution in [2.45, 2.75) is 19.8 Å². The molecule has 0 spiro atoms. The highest BCUT2D eigenvalue weighted by atomic mass is 32.2. The fourth-order valence-electron chi connectivity index (χ4n) is 2.36. The van der Waals surface area contributed by atoms with E-state index in [1.165, 1.54) is 17.6 Å². The Hall–Kier alpha value is -0.730. The molecule has 0 saturated carbocycles. The van der Waals surface area contributed by atoms with E-state index < -0.39 is 9.84 Å². The molecule has 1 aromatic heterocycles. The largest absolute Gasteiger partial charge is 0.381 e. The van der Waals surface area contributed by atoms with Gasteiger partial charge >= 0.3 is 0 Å². The van der Waals surface area contributed by atoms with E-state index in [1.54, 1.807) is 0 Å². The number of ether oxygens (including phenoxy) is 1. The fourth-order valence-corrected chi connectivity index (χ4v) is 4.45. The third-order valence-corrected chi connectivity index (χ3v) is 5.20. The molecule has 108 valence electrons. The quantitative estimate of drug-likeness (QED) is 0.877. The summed E-state index contributed by atoms with van der Waals surface area (Å²) in [6.07, 6.45) is 2.80. The van der Waals surface area contributed by atoms with Crippen LogP contribution in [0.15, 0.2) is 0 Å². The minimum atomic E-state index is -3.01. The van der Waals surface area contributed by atoms with Crippen molar-refractivity contribution in [2.24, 2.45) is 5.41 Å². The highest BCUT2D eigenvalue weighted by Gasteiger charge is 2.36. The van der Waals surface area contributed by atoms with Gasteiger partial charge in [-0.3, -0.25) is 0 Å². The SMILES string of the molecule is Cc1nnc(NCC2(CS(C)(=O)=O)CCOCC2)s1. The van der Waals surface area contributed by atoms with Crippen molar-refractivity contribution in [1.82, 2.24) is 10.2 Å². The number of aromatic nitrogens is 2. The number of sulfone groups is 1. The molecule has 1 aliphatic rings. The molecule has 0 amide bonds. The monoisotopic (exact) mass is 305 g/mol. The number of hydrogen-bond acceptors (Lipinski definition) is 7. The Morgan fingerprint density at radius 3 is 2.58 bits per heavy atom. The Kier molecular flexibility index (Phi) is 4.42. The predicted molar refractivity (Wildman–Crippen MR) is 75.3 cm³/mol. The van der Waals surface area contributed by atoms with Gasteiger partial charge in [0.2, 0.25) is 5.13 Å². The van der Waals surface area contributed by atoms with Gasteiger partial charge in [-0.25, -0.2) is 8.42 Å². The zero-order valence-electron chi connectivity index (χ0n) is 11.2. The molecule has 0 bridgehead atoms. The second kappa shape index (κ2) is 5.72. The first kappa shape index (κ1) is 14.7. The molecule has 19 heavy (non-hydrogen) atoms. The summed E-state index contributed by atoms with van der Waals surface area (Å²) in [6, 6.07) is 0. The number of nitrogens with zero attached hydrogens (tertiary/aromatic N) is 2. The summed E-state index contributed by atoms with van der Waals surface area (Å²) in [4.78, 5) is 0. The lowest BCUT2D eigenvalue weighted by molar-refractivity contribution is 0.0315. The molecule has 1 aliphatic heterocycles. The number of anilines is 1. The second-order valence-electron chi connectivity index (χ2n) is 5.16. The van der Waals surface area contributed by atoms with Gasteiger partial charge in [0.15, 0.2) is 0 Å². The molecule has 0 aromatic carbocycles. The van der Waals surface area contributed by atoms with Gasteiger partial charge in [-0.15, -0.1) is 10.2 Å². The van der Waals surface area contributed by atoms with Gasteiger partial charge in [0.25, 0.3) is 0 Å². The van der Waals surface area contributed by atoms with Crippen LogP contribution in [0, 0.1) is 12.3 Å². The Balaban J connectivity index is 2.05. The summed E-state index contributed by atoms with van der Waals surface area (Å²) in [5, 5.41) is 12.8. The van der Waals surface area contributed by atoms with Crippen molar-refractivity contribution in [2.75, 3.05) is 37.1 Å². The van der Waals surface area contributed by atoms with Crippen LogP contribution in [0.25, 0.3) is 0 Å². The summed E-state index contributed by atoms with van der Waals surface area (Å²) in [7, 11) is -3.01. The highest BCUT2D eigenvalue weighted by molar-refractivity contribution is 7.90. The lowest BCUT2D eigenvalue weighted by Gasteiger charge is -2.36. The normalized spacial score (nSPS) is 19.3. The van der Waals surface area contributed by atoms with Crippen molar-refractivity contribution in [3.8, 4) is 0 Å². The first-order valence-electron chi connectivity index (χ1n) is 6.18. The van der Waals surface area contributed by atoms with Gasteiger partial charge in [0.1, 0.15) is 14.8 Å². The molecule has 0 unspecified atom stereocenters. The molecule has 1 N–H and O–H groups in total. The summed E-state index contributed by atoms with van der Waals surface area (Å²) < 4.78 is 28.6. The molecule has 0 atom stereocenters. The van der Waals surface area contributed by atoms with Gasteiger partial charge in [0, 0.05) is 31.4 Å². The molecule has 1 saturated heterocycles. The second-order valence-corrected chi connectivity index (χ2v) is 8.48. The standard InChI is InChI=1S/C11H19N3O3S2/c1-9-13-14-10(18-9)12-7-11(8-19(2,15)16)3-5-17-6-4-11/h3-8H2,1-2H3,(H,12,14). The Bertz CT molecular complexity index is 521. The summed E-state index contributed by atoms with van der Waals surface area (Å²) in [5.74, 6) is 0.189. The maximum Gasteiger partial charge on any atom is 0.205 e. The van der Waals surface area contributed by atoms with Crippen molar-refractivity contribution < 1.29 is 13.2 Å².